The summed E-state index contributed by atoms with van der Waals surface area (Å²) in [5.74, 6) is 0.144. The van der Waals surface area contributed by atoms with Gasteiger partial charge in [0.25, 0.3) is 0 Å². The lowest BCUT2D eigenvalue weighted by Crippen LogP contribution is -2.38. The lowest BCUT2D eigenvalue weighted by molar-refractivity contribution is -0.683. The Kier molecular flexibility index (Phi) is 5.43. The summed E-state index contributed by atoms with van der Waals surface area (Å²) < 4.78 is 1.95. The average Bonchev–Trinajstić information content (AvgIpc) is 2.28. The van der Waals surface area contributed by atoms with E-state index >= 15 is 0 Å². The summed E-state index contributed by atoms with van der Waals surface area (Å²) in [6.07, 6.45) is 4.00. The molecule has 1 heterocycles. The first-order valence-electron chi connectivity index (χ1n) is 6.12. The fourth-order valence-electron chi connectivity index (χ4n) is 2.08. The highest BCUT2D eigenvalue weighted by molar-refractivity contribution is 8.93. The molecule has 0 aliphatic heterocycles. The molecule has 0 radical (unpaired) electrons. The van der Waals surface area contributed by atoms with Crippen LogP contribution in [0.1, 0.15) is 27.0 Å². The Labute approximate surface area is 124 Å². The molecule has 2 aromatic rings. The van der Waals surface area contributed by atoms with E-state index in [9.17, 15) is 4.79 Å². The molecule has 0 bridgehead atoms. The first kappa shape index (κ1) is 15.6. The predicted octanol–water partition coefficient (Wildman–Crippen LogP) is 3.36. The quantitative estimate of drug-likeness (QED) is 0.627. The lowest BCUT2D eigenvalue weighted by atomic mass is 10.1. The number of Topliss-reactive ketones (excluding diaryl/α,β-unsaturated/α-hetero) is 1. The van der Waals surface area contributed by atoms with Gasteiger partial charge in [-0.05, 0) is 26.8 Å². The number of nitrogens with zero attached hydrogens (tertiary/aromatic N) is 1. The Bertz CT molecular complexity index is 556. The van der Waals surface area contributed by atoms with E-state index in [0.29, 0.717) is 6.54 Å². The highest BCUT2D eigenvalue weighted by Gasteiger charge is 2.12. The van der Waals surface area contributed by atoms with Crippen molar-refractivity contribution in [1.82, 2.24) is 0 Å². The SMILES string of the molecule is Br.Cc1ccc(C(=O)C[n+]2cc(C)cc(C)c2)cc1. The molecular formula is C16H19BrNO+. The zero-order valence-corrected chi connectivity index (χ0v) is 13.2. The Morgan fingerprint density at radius 3 is 2.00 bits per heavy atom. The maximum atomic E-state index is 12.1. The van der Waals surface area contributed by atoms with Gasteiger partial charge in [-0.2, -0.15) is 4.57 Å². The standard InChI is InChI=1S/C16H18NO.BrH/c1-12-4-6-15(7-5-12)16(18)11-17-9-13(2)8-14(3)10-17;/h4-10H,11H2,1-3H3;1H/q+1;. The number of carbonyl (C=O) groups excluding carboxylic acids is 1. The second kappa shape index (κ2) is 6.62. The van der Waals surface area contributed by atoms with Crippen LogP contribution in [0.2, 0.25) is 0 Å². The average molecular weight is 321 g/mol. The van der Waals surface area contributed by atoms with Crippen molar-refractivity contribution in [3.63, 3.8) is 0 Å². The molecule has 2 rings (SSSR count). The van der Waals surface area contributed by atoms with E-state index < -0.39 is 0 Å². The molecule has 1 aromatic carbocycles. The fraction of sp³-hybridized carbons (Fsp3) is 0.250. The summed E-state index contributed by atoms with van der Waals surface area (Å²) in [6, 6.07) is 9.83. The minimum absolute atomic E-state index is 0. The van der Waals surface area contributed by atoms with E-state index in [4.69, 9.17) is 0 Å². The summed E-state index contributed by atoms with van der Waals surface area (Å²) in [6.45, 7) is 6.50. The van der Waals surface area contributed by atoms with Crippen molar-refractivity contribution in [3.8, 4) is 0 Å². The minimum Gasteiger partial charge on any atom is -0.287 e. The van der Waals surface area contributed by atoms with E-state index in [0.717, 1.165) is 5.56 Å². The van der Waals surface area contributed by atoms with Crippen molar-refractivity contribution in [2.24, 2.45) is 0 Å². The first-order valence-corrected chi connectivity index (χ1v) is 6.12. The molecule has 0 N–H and O–H groups in total. The normalized spacial score (nSPS) is 9.84. The van der Waals surface area contributed by atoms with E-state index in [1.165, 1.54) is 16.7 Å². The van der Waals surface area contributed by atoms with Crippen LogP contribution < -0.4 is 4.57 Å². The highest BCUT2D eigenvalue weighted by atomic mass is 79.9. The number of ketones is 1. The van der Waals surface area contributed by atoms with Crippen LogP contribution in [-0.4, -0.2) is 5.78 Å². The number of benzene rings is 1. The molecule has 0 saturated carbocycles. The van der Waals surface area contributed by atoms with Crippen molar-refractivity contribution in [2.45, 2.75) is 27.3 Å². The van der Waals surface area contributed by atoms with Crippen molar-refractivity contribution in [1.29, 1.82) is 0 Å². The number of aromatic nitrogens is 1. The van der Waals surface area contributed by atoms with Gasteiger partial charge in [0, 0.05) is 16.7 Å². The molecule has 19 heavy (non-hydrogen) atoms. The number of halogens is 1. The highest BCUT2D eigenvalue weighted by Crippen LogP contribution is 2.04. The second-order valence-corrected chi connectivity index (χ2v) is 4.85. The molecule has 0 aliphatic rings. The second-order valence-electron chi connectivity index (χ2n) is 4.85. The van der Waals surface area contributed by atoms with E-state index in [1.807, 2.05) is 62.0 Å². The molecule has 100 valence electrons. The molecule has 2 nitrogen and oxygen atoms in total. The maximum Gasteiger partial charge on any atom is 0.227 e. The molecule has 0 aliphatic carbocycles. The van der Waals surface area contributed by atoms with Gasteiger partial charge in [0.2, 0.25) is 12.3 Å². The van der Waals surface area contributed by atoms with Gasteiger partial charge in [-0.15, -0.1) is 17.0 Å². The third-order valence-electron chi connectivity index (χ3n) is 2.89. The van der Waals surface area contributed by atoms with Crippen LogP contribution in [-0.2, 0) is 6.54 Å². The number of carbonyl (C=O) groups is 1. The maximum absolute atomic E-state index is 12.1. The summed E-state index contributed by atoms with van der Waals surface area (Å²) in [7, 11) is 0. The Balaban J connectivity index is 0.00000180. The van der Waals surface area contributed by atoms with Gasteiger partial charge in [0.15, 0.2) is 12.4 Å². The van der Waals surface area contributed by atoms with Crippen LogP contribution in [0, 0.1) is 20.8 Å². The summed E-state index contributed by atoms with van der Waals surface area (Å²) in [5.41, 5.74) is 4.29. The number of pyridine rings is 1. The zero-order valence-electron chi connectivity index (χ0n) is 11.5. The number of rotatable bonds is 3. The molecule has 0 amide bonds. The van der Waals surface area contributed by atoms with Gasteiger partial charge in [-0.25, -0.2) is 0 Å². The number of hydrogen-bond donors (Lipinski definition) is 0. The molecule has 0 spiro atoms. The Morgan fingerprint density at radius 1 is 0.947 bits per heavy atom. The third-order valence-corrected chi connectivity index (χ3v) is 2.89. The van der Waals surface area contributed by atoms with Crippen LogP contribution in [0.25, 0.3) is 0 Å². The number of aryl methyl sites for hydroxylation is 3. The van der Waals surface area contributed by atoms with Crippen molar-refractivity contribution < 1.29 is 9.36 Å². The minimum atomic E-state index is 0. The number of hydrogen-bond acceptors (Lipinski definition) is 1. The summed E-state index contributed by atoms with van der Waals surface area (Å²) in [5, 5.41) is 0. The van der Waals surface area contributed by atoms with Gasteiger partial charge >= 0.3 is 0 Å². The molecule has 3 heteroatoms. The van der Waals surface area contributed by atoms with Crippen molar-refractivity contribution >= 4 is 22.8 Å². The van der Waals surface area contributed by atoms with E-state index in [-0.39, 0.29) is 22.8 Å². The fourth-order valence-corrected chi connectivity index (χ4v) is 2.08. The van der Waals surface area contributed by atoms with Gasteiger partial charge in [-0.3, -0.25) is 4.79 Å². The molecule has 0 fully saturated rings. The summed E-state index contributed by atoms with van der Waals surface area (Å²) in [4.78, 5) is 12.1. The van der Waals surface area contributed by atoms with Gasteiger partial charge in [-0.1, -0.05) is 29.8 Å². The largest absolute Gasteiger partial charge is 0.287 e. The van der Waals surface area contributed by atoms with Crippen LogP contribution in [0.15, 0.2) is 42.7 Å². The zero-order chi connectivity index (χ0) is 13.1. The topological polar surface area (TPSA) is 20.9 Å². The van der Waals surface area contributed by atoms with Crippen molar-refractivity contribution in [2.75, 3.05) is 0 Å². The van der Waals surface area contributed by atoms with Crippen LogP contribution in [0.5, 0.6) is 0 Å². The Morgan fingerprint density at radius 2 is 1.47 bits per heavy atom. The van der Waals surface area contributed by atoms with Crippen LogP contribution in [0.4, 0.5) is 0 Å². The molecule has 0 saturated heterocycles. The van der Waals surface area contributed by atoms with Crippen LogP contribution in [0.3, 0.4) is 0 Å². The molecule has 1 aromatic heterocycles. The van der Waals surface area contributed by atoms with Gasteiger partial charge in [0.05, 0.1) is 0 Å². The van der Waals surface area contributed by atoms with Gasteiger partial charge in [0.1, 0.15) is 0 Å². The van der Waals surface area contributed by atoms with E-state index in [2.05, 4.69) is 6.07 Å². The predicted molar refractivity (Wildman–Crippen MR) is 81.9 cm³/mol. The van der Waals surface area contributed by atoms with Crippen molar-refractivity contribution in [3.05, 3.63) is 65.0 Å². The third kappa shape index (κ3) is 4.28. The smallest absolute Gasteiger partial charge is 0.227 e. The molecule has 0 atom stereocenters. The van der Waals surface area contributed by atoms with E-state index in [1.54, 1.807) is 0 Å². The monoisotopic (exact) mass is 320 g/mol. The Hall–Kier alpha value is -1.48. The lowest BCUT2D eigenvalue weighted by Gasteiger charge is -2.01. The molecular weight excluding hydrogens is 302 g/mol. The first-order chi connectivity index (χ1) is 8.54. The van der Waals surface area contributed by atoms with Gasteiger partial charge < -0.3 is 0 Å². The summed E-state index contributed by atoms with van der Waals surface area (Å²) >= 11 is 0. The molecule has 0 unspecified atom stereocenters. The van der Waals surface area contributed by atoms with Crippen LogP contribution >= 0.6 is 17.0 Å².